The van der Waals surface area contributed by atoms with Crippen LogP contribution in [0.5, 0.6) is 0 Å². The molecular formula is C14H22N5O+. The molecule has 1 saturated heterocycles. The molecule has 3 heterocycles. The molecule has 0 saturated carbocycles. The van der Waals surface area contributed by atoms with Gasteiger partial charge in [0.05, 0.1) is 19.8 Å². The number of ether oxygens (including phenoxy) is 1. The molecule has 6 nitrogen and oxygen atoms in total. The van der Waals surface area contributed by atoms with Crippen molar-refractivity contribution < 1.29 is 9.72 Å². The van der Waals surface area contributed by atoms with E-state index in [1.54, 1.807) is 0 Å². The van der Waals surface area contributed by atoms with Crippen LogP contribution in [-0.4, -0.2) is 54.3 Å². The smallest absolute Gasteiger partial charge is 0.247 e. The van der Waals surface area contributed by atoms with Crippen molar-refractivity contribution in [3.8, 4) is 0 Å². The Hall–Kier alpha value is -1.66. The van der Waals surface area contributed by atoms with Crippen LogP contribution in [-0.2, 0) is 4.74 Å². The lowest BCUT2D eigenvalue weighted by Gasteiger charge is -2.25. The third-order valence-corrected chi connectivity index (χ3v) is 3.61. The largest absolute Gasteiger partial charge is 0.379 e. The highest BCUT2D eigenvalue weighted by Crippen LogP contribution is 2.17. The van der Waals surface area contributed by atoms with Gasteiger partial charge in [0.25, 0.3) is 0 Å². The maximum absolute atomic E-state index is 5.36. The van der Waals surface area contributed by atoms with Crippen LogP contribution in [0.15, 0.2) is 6.07 Å². The van der Waals surface area contributed by atoms with Crippen LogP contribution in [0.2, 0.25) is 0 Å². The predicted octanol–water partition coefficient (Wildman–Crippen LogP) is 0.738. The van der Waals surface area contributed by atoms with E-state index in [2.05, 4.69) is 38.2 Å². The average molecular weight is 276 g/mol. The molecule has 108 valence electrons. The van der Waals surface area contributed by atoms with Crippen molar-refractivity contribution in [2.45, 2.75) is 13.8 Å². The standard InChI is InChI=1S/C14H21N5O/c1-10-9-12-13(16-10)14(18-11(2)17-12)15-3-4-19-5-7-20-8-6-19/h9,16H,3-8H2,1-2H3,(H,15,17,18)/p+1. The quantitative estimate of drug-likeness (QED) is 0.864. The molecule has 0 aliphatic carbocycles. The summed E-state index contributed by atoms with van der Waals surface area (Å²) in [5.41, 5.74) is 3.19. The van der Waals surface area contributed by atoms with Crippen LogP contribution in [0, 0.1) is 13.8 Å². The molecule has 0 bridgehead atoms. The van der Waals surface area contributed by atoms with Crippen LogP contribution >= 0.6 is 0 Å². The summed E-state index contributed by atoms with van der Waals surface area (Å²) in [6.07, 6.45) is 0. The highest BCUT2D eigenvalue weighted by atomic mass is 16.5. The van der Waals surface area contributed by atoms with Crippen molar-refractivity contribution in [2.24, 2.45) is 0 Å². The molecule has 1 fully saturated rings. The normalized spacial score (nSPS) is 16.7. The van der Waals surface area contributed by atoms with Crippen molar-refractivity contribution in [3.63, 3.8) is 0 Å². The van der Waals surface area contributed by atoms with Crippen molar-refractivity contribution in [1.82, 2.24) is 14.9 Å². The Kier molecular flexibility index (Phi) is 3.84. The van der Waals surface area contributed by atoms with E-state index in [-0.39, 0.29) is 0 Å². The first-order valence-electron chi connectivity index (χ1n) is 7.15. The number of H-pyrrole nitrogens is 2. The fourth-order valence-corrected chi connectivity index (χ4v) is 2.60. The molecular weight excluding hydrogens is 254 g/mol. The minimum atomic E-state index is 0.848. The molecule has 0 atom stereocenters. The Labute approximate surface area is 118 Å². The molecule has 0 amide bonds. The number of aromatic amines is 2. The van der Waals surface area contributed by atoms with Crippen LogP contribution in [0.25, 0.3) is 11.0 Å². The minimum Gasteiger partial charge on any atom is -0.379 e. The third kappa shape index (κ3) is 2.91. The highest BCUT2D eigenvalue weighted by Gasteiger charge is 2.15. The first-order valence-corrected chi connectivity index (χ1v) is 7.15. The molecule has 1 aliphatic rings. The summed E-state index contributed by atoms with van der Waals surface area (Å²) in [4.78, 5) is 13.6. The second kappa shape index (κ2) is 5.76. The molecule has 3 rings (SSSR count). The van der Waals surface area contributed by atoms with E-state index in [1.807, 2.05) is 6.92 Å². The molecule has 0 unspecified atom stereocenters. The Balaban J connectivity index is 1.67. The van der Waals surface area contributed by atoms with E-state index < -0.39 is 0 Å². The van der Waals surface area contributed by atoms with E-state index in [0.717, 1.165) is 67.8 Å². The molecule has 3 N–H and O–H groups in total. The highest BCUT2D eigenvalue weighted by molar-refractivity contribution is 5.84. The lowest BCUT2D eigenvalue weighted by molar-refractivity contribution is -0.374. The zero-order valence-corrected chi connectivity index (χ0v) is 12.1. The number of aryl methyl sites for hydroxylation is 2. The van der Waals surface area contributed by atoms with E-state index in [9.17, 15) is 0 Å². The van der Waals surface area contributed by atoms with E-state index in [4.69, 9.17) is 4.74 Å². The van der Waals surface area contributed by atoms with Gasteiger partial charge in [-0.05, 0) is 6.92 Å². The van der Waals surface area contributed by atoms with Gasteiger partial charge in [-0.3, -0.25) is 4.90 Å². The monoisotopic (exact) mass is 276 g/mol. The number of nitrogens with one attached hydrogen (secondary N) is 3. The number of hydrogen-bond acceptors (Lipinski definition) is 4. The van der Waals surface area contributed by atoms with Crippen LogP contribution < -0.4 is 10.3 Å². The molecule has 6 heteroatoms. The molecule has 20 heavy (non-hydrogen) atoms. The molecule has 1 aliphatic heterocycles. The molecule has 0 radical (unpaired) electrons. The third-order valence-electron chi connectivity index (χ3n) is 3.61. The van der Waals surface area contributed by atoms with Crippen molar-refractivity contribution in [2.75, 3.05) is 44.7 Å². The molecule has 2 aromatic heterocycles. The Bertz CT molecular complexity index is 589. The van der Waals surface area contributed by atoms with Gasteiger partial charge in [0.1, 0.15) is 0 Å². The van der Waals surface area contributed by atoms with Crippen molar-refractivity contribution in [1.29, 1.82) is 0 Å². The fourth-order valence-electron chi connectivity index (χ4n) is 2.60. The van der Waals surface area contributed by atoms with E-state index in [1.165, 1.54) is 0 Å². The molecule has 0 aromatic carbocycles. The first kappa shape index (κ1) is 13.3. The summed E-state index contributed by atoms with van der Waals surface area (Å²) in [5.74, 6) is 1.94. The number of aromatic nitrogens is 3. The summed E-state index contributed by atoms with van der Waals surface area (Å²) < 4.78 is 5.36. The minimum absolute atomic E-state index is 0.848. The number of morpholine rings is 1. The van der Waals surface area contributed by atoms with Gasteiger partial charge in [-0.15, -0.1) is 4.98 Å². The van der Waals surface area contributed by atoms with Gasteiger partial charge in [0.2, 0.25) is 11.6 Å². The Morgan fingerprint density at radius 3 is 3.00 bits per heavy atom. The summed E-state index contributed by atoms with van der Waals surface area (Å²) in [5, 5.41) is 3.48. The second-order valence-corrected chi connectivity index (χ2v) is 5.29. The first-order chi connectivity index (χ1) is 9.72. The number of hydrogen-bond donors (Lipinski definition) is 2. The van der Waals surface area contributed by atoms with E-state index >= 15 is 0 Å². The average Bonchev–Trinajstić information content (AvgIpc) is 2.80. The van der Waals surface area contributed by atoms with E-state index in [0.29, 0.717) is 0 Å². The van der Waals surface area contributed by atoms with Crippen LogP contribution in [0.4, 0.5) is 5.82 Å². The van der Waals surface area contributed by atoms with Crippen LogP contribution in [0.3, 0.4) is 0 Å². The summed E-state index contributed by atoms with van der Waals surface area (Å²) in [7, 11) is 0. The SMILES string of the molecule is Cc1cc2nc(C)[nH+]c(NCCN3CCOCC3)c2[nH]1. The molecule has 2 aromatic rings. The number of nitrogens with zero attached hydrogens (tertiary/aromatic N) is 2. The lowest BCUT2D eigenvalue weighted by Crippen LogP contribution is -2.39. The maximum Gasteiger partial charge on any atom is 0.247 e. The predicted molar refractivity (Wildman–Crippen MR) is 77.9 cm³/mol. The zero-order valence-electron chi connectivity index (χ0n) is 12.1. The maximum atomic E-state index is 5.36. The van der Waals surface area contributed by atoms with Gasteiger partial charge in [-0.25, -0.2) is 4.98 Å². The van der Waals surface area contributed by atoms with Gasteiger partial charge >= 0.3 is 0 Å². The Morgan fingerprint density at radius 1 is 1.40 bits per heavy atom. The van der Waals surface area contributed by atoms with Gasteiger partial charge in [0, 0.05) is 38.3 Å². The Morgan fingerprint density at radius 2 is 2.20 bits per heavy atom. The van der Waals surface area contributed by atoms with Gasteiger partial charge in [0.15, 0.2) is 11.0 Å². The van der Waals surface area contributed by atoms with Gasteiger partial charge in [-0.1, -0.05) is 0 Å². The van der Waals surface area contributed by atoms with Gasteiger partial charge < -0.3 is 15.0 Å². The summed E-state index contributed by atoms with van der Waals surface area (Å²) in [6.45, 7) is 9.72. The van der Waals surface area contributed by atoms with Crippen molar-refractivity contribution in [3.05, 3.63) is 17.6 Å². The summed E-state index contributed by atoms with van der Waals surface area (Å²) >= 11 is 0. The lowest BCUT2D eigenvalue weighted by atomic mass is 10.3. The molecule has 0 spiro atoms. The van der Waals surface area contributed by atoms with Crippen LogP contribution in [0.1, 0.15) is 11.5 Å². The number of rotatable bonds is 4. The topological polar surface area (TPSA) is 67.3 Å². The van der Waals surface area contributed by atoms with Gasteiger partial charge in [-0.2, -0.15) is 0 Å². The fraction of sp³-hybridized carbons (Fsp3) is 0.571. The number of fused-ring (bicyclic) bond motifs is 1. The zero-order chi connectivity index (χ0) is 13.9. The second-order valence-electron chi connectivity index (χ2n) is 5.29. The summed E-state index contributed by atoms with van der Waals surface area (Å²) in [6, 6.07) is 2.07. The number of anilines is 1. The van der Waals surface area contributed by atoms with Crippen molar-refractivity contribution >= 4 is 16.9 Å².